The minimum absolute atomic E-state index is 0.134. The lowest BCUT2D eigenvalue weighted by molar-refractivity contribution is -0.0363. The number of aliphatic hydroxyl groups excluding tert-OH is 1. The zero-order valence-corrected chi connectivity index (χ0v) is 19.4. The van der Waals surface area contributed by atoms with Crippen LogP contribution in [0.2, 0.25) is 0 Å². The first kappa shape index (κ1) is 22.3. The van der Waals surface area contributed by atoms with E-state index in [2.05, 4.69) is 21.6 Å². The average Bonchev–Trinajstić information content (AvgIpc) is 3.42. The van der Waals surface area contributed by atoms with Gasteiger partial charge in [0.2, 0.25) is 0 Å². The molecular weight excluding hydrogens is 414 g/mol. The highest BCUT2D eigenvalue weighted by Gasteiger charge is 2.46. The van der Waals surface area contributed by atoms with E-state index >= 15 is 0 Å². The maximum Gasteiger partial charge on any atom is 0.178 e. The molecule has 4 heterocycles. The number of benzene rings is 1. The molecule has 3 atom stereocenters. The van der Waals surface area contributed by atoms with Crippen LogP contribution in [0.1, 0.15) is 65.8 Å². The van der Waals surface area contributed by atoms with Crippen molar-refractivity contribution >= 4 is 5.78 Å². The fourth-order valence-corrected chi connectivity index (χ4v) is 5.94. The maximum absolute atomic E-state index is 13.4. The molecule has 0 spiro atoms. The first-order valence-electron chi connectivity index (χ1n) is 12.3. The number of fused-ring (bicyclic) bond motifs is 2. The van der Waals surface area contributed by atoms with Crippen molar-refractivity contribution in [2.24, 2.45) is 5.92 Å². The molecule has 1 aromatic carbocycles. The van der Waals surface area contributed by atoms with Gasteiger partial charge >= 0.3 is 0 Å². The summed E-state index contributed by atoms with van der Waals surface area (Å²) in [5.41, 5.74) is 4.51. The lowest BCUT2D eigenvalue weighted by Crippen LogP contribution is -2.36. The summed E-state index contributed by atoms with van der Waals surface area (Å²) in [6.45, 7) is 4.19. The summed E-state index contributed by atoms with van der Waals surface area (Å²) in [7, 11) is 0. The molecule has 33 heavy (non-hydrogen) atoms. The van der Waals surface area contributed by atoms with Crippen LogP contribution in [0.25, 0.3) is 5.69 Å². The summed E-state index contributed by atoms with van der Waals surface area (Å²) in [6, 6.07) is 12.3. The third-order valence-electron chi connectivity index (χ3n) is 7.86. The number of nitrogens with zero attached hydrogens (tertiary/aromatic N) is 3. The van der Waals surface area contributed by atoms with Gasteiger partial charge in [0.15, 0.2) is 5.78 Å². The molecule has 1 aromatic heterocycles. The van der Waals surface area contributed by atoms with Crippen molar-refractivity contribution in [2.45, 2.75) is 70.1 Å². The lowest BCUT2D eigenvalue weighted by Gasteiger charge is -2.25. The number of carbonyl (C=O) groups is 1. The van der Waals surface area contributed by atoms with E-state index in [1.54, 1.807) is 0 Å². The fourth-order valence-electron chi connectivity index (χ4n) is 5.94. The van der Waals surface area contributed by atoms with Crippen molar-refractivity contribution in [2.75, 3.05) is 19.8 Å². The Bertz CT molecular complexity index is 1050. The Morgan fingerprint density at radius 3 is 2.61 bits per heavy atom. The summed E-state index contributed by atoms with van der Waals surface area (Å²) in [5, 5.41) is 19.4. The molecule has 174 valence electrons. The van der Waals surface area contributed by atoms with Crippen LogP contribution in [0.15, 0.2) is 30.3 Å². The van der Waals surface area contributed by atoms with Gasteiger partial charge in [0, 0.05) is 40.6 Å². The number of rotatable bonds is 9. The van der Waals surface area contributed by atoms with Gasteiger partial charge in [0.05, 0.1) is 37.5 Å². The number of aryl methyl sites for hydroxylation is 1. The number of Topliss-reactive ketones (excluding diaryl/α,β-unsaturated/α-hetero) is 1. The van der Waals surface area contributed by atoms with Crippen LogP contribution in [0.5, 0.6) is 0 Å². The van der Waals surface area contributed by atoms with Gasteiger partial charge in [-0.1, -0.05) is 6.42 Å². The van der Waals surface area contributed by atoms with E-state index in [4.69, 9.17) is 10.00 Å². The number of hydrogen-bond acceptors (Lipinski definition) is 5. The first-order valence-corrected chi connectivity index (χ1v) is 12.3. The Morgan fingerprint density at radius 2 is 2.00 bits per heavy atom. The van der Waals surface area contributed by atoms with Crippen molar-refractivity contribution in [1.29, 1.82) is 5.26 Å². The summed E-state index contributed by atoms with van der Waals surface area (Å²) >= 11 is 0. The highest BCUT2D eigenvalue weighted by atomic mass is 16.5. The summed E-state index contributed by atoms with van der Waals surface area (Å²) < 4.78 is 7.48. The molecule has 3 aliphatic rings. The second-order valence-electron chi connectivity index (χ2n) is 9.98. The van der Waals surface area contributed by atoms with Crippen molar-refractivity contribution < 1.29 is 14.6 Å². The number of aliphatic hydroxyl groups is 1. The Kier molecular flexibility index (Phi) is 6.38. The molecule has 6 nitrogen and oxygen atoms in total. The molecule has 3 saturated heterocycles. The fraction of sp³-hybridized carbons (Fsp3) is 0.556. The normalized spacial score (nSPS) is 24.7. The highest BCUT2D eigenvalue weighted by molar-refractivity contribution is 5.99. The quantitative estimate of drug-likeness (QED) is 0.467. The van der Waals surface area contributed by atoms with Gasteiger partial charge in [-0.2, -0.15) is 5.26 Å². The minimum Gasteiger partial charge on any atom is -0.391 e. The molecular formula is C27H33N3O3. The average molecular weight is 448 g/mol. The monoisotopic (exact) mass is 447 g/mol. The van der Waals surface area contributed by atoms with Crippen molar-refractivity contribution in [3.63, 3.8) is 0 Å². The van der Waals surface area contributed by atoms with Crippen molar-refractivity contribution in [3.8, 4) is 11.8 Å². The zero-order chi connectivity index (χ0) is 22.9. The van der Waals surface area contributed by atoms with Crippen molar-refractivity contribution in [1.82, 2.24) is 9.47 Å². The van der Waals surface area contributed by atoms with Crippen molar-refractivity contribution in [3.05, 3.63) is 52.8 Å². The van der Waals surface area contributed by atoms with Crippen LogP contribution in [-0.4, -0.2) is 58.3 Å². The number of ketones is 1. The van der Waals surface area contributed by atoms with Gasteiger partial charge < -0.3 is 14.4 Å². The van der Waals surface area contributed by atoms with Crippen LogP contribution in [0.4, 0.5) is 0 Å². The summed E-state index contributed by atoms with van der Waals surface area (Å²) in [5.74, 6) is 0.846. The standard InChI is InChI=1S/C27H33N3O3/c1-18-24(27(32)15-29-22-10-11-25(29)26(31)13-22)12-23(5-3-2-4-20-16-33-17-20)30(18)21-8-6-19(14-28)7-9-21/h6-9,12,20,22,25-26,31H,2-5,10-11,13,15-17H2,1H3/t22?,25?,26-/m0/s1. The Balaban J connectivity index is 1.37. The van der Waals surface area contributed by atoms with Crippen LogP contribution in [-0.2, 0) is 11.2 Å². The van der Waals surface area contributed by atoms with E-state index in [-0.39, 0.29) is 17.9 Å². The SMILES string of the molecule is Cc1c(C(=O)CN2C3CCC2[C@@H](O)C3)cc(CCCCC2COC2)n1-c1ccc(C#N)cc1. The molecule has 0 aliphatic carbocycles. The molecule has 5 rings (SSSR count). The van der Waals surface area contributed by atoms with Gasteiger partial charge in [-0.25, -0.2) is 0 Å². The number of hydrogen-bond donors (Lipinski definition) is 1. The Labute approximate surface area is 195 Å². The van der Waals surface area contributed by atoms with E-state index in [9.17, 15) is 9.90 Å². The summed E-state index contributed by atoms with van der Waals surface area (Å²) in [6.07, 6.45) is 6.91. The molecule has 0 saturated carbocycles. The molecule has 2 bridgehead atoms. The Morgan fingerprint density at radius 1 is 1.21 bits per heavy atom. The first-order chi connectivity index (χ1) is 16.0. The molecule has 2 unspecified atom stereocenters. The largest absolute Gasteiger partial charge is 0.391 e. The maximum atomic E-state index is 13.4. The van der Waals surface area contributed by atoms with Crippen LogP contribution < -0.4 is 0 Å². The molecule has 3 aliphatic heterocycles. The molecule has 3 fully saturated rings. The molecule has 6 heteroatoms. The Hall–Kier alpha value is -2.46. The number of carbonyl (C=O) groups excluding carboxylic acids is 1. The number of unbranched alkanes of at least 4 members (excludes halogenated alkanes) is 1. The highest BCUT2D eigenvalue weighted by Crippen LogP contribution is 2.38. The number of ether oxygens (including phenoxy) is 1. The van der Waals surface area contributed by atoms with E-state index in [1.807, 2.05) is 31.2 Å². The van der Waals surface area contributed by atoms with E-state index < -0.39 is 0 Å². The number of aromatic nitrogens is 1. The molecule has 2 aromatic rings. The van der Waals surface area contributed by atoms with E-state index in [0.29, 0.717) is 24.1 Å². The molecule has 0 amide bonds. The third kappa shape index (κ3) is 4.38. The van der Waals surface area contributed by atoms with Crippen LogP contribution in [0, 0.1) is 24.2 Å². The smallest absolute Gasteiger partial charge is 0.178 e. The lowest BCUT2D eigenvalue weighted by atomic mass is 9.98. The van der Waals surface area contributed by atoms with E-state index in [1.165, 1.54) is 6.42 Å². The van der Waals surface area contributed by atoms with Gasteiger partial charge in [0.25, 0.3) is 0 Å². The predicted molar refractivity (Wildman–Crippen MR) is 126 cm³/mol. The van der Waals surface area contributed by atoms with Crippen LogP contribution in [0.3, 0.4) is 0 Å². The second kappa shape index (κ2) is 9.42. The van der Waals surface area contributed by atoms with Gasteiger partial charge in [-0.05, 0) is 75.8 Å². The van der Waals surface area contributed by atoms with Gasteiger partial charge in [-0.3, -0.25) is 9.69 Å². The summed E-state index contributed by atoms with van der Waals surface area (Å²) in [4.78, 5) is 15.6. The number of nitriles is 1. The zero-order valence-electron chi connectivity index (χ0n) is 19.4. The van der Waals surface area contributed by atoms with Crippen LogP contribution >= 0.6 is 0 Å². The minimum atomic E-state index is -0.294. The topological polar surface area (TPSA) is 78.5 Å². The second-order valence-corrected chi connectivity index (χ2v) is 9.98. The third-order valence-corrected chi connectivity index (χ3v) is 7.86. The predicted octanol–water partition coefficient (Wildman–Crippen LogP) is 3.80. The van der Waals surface area contributed by atoms with Gasteiger partial charge in [-0.15, -0.1) is 0 Å². The van der Waals surface area contributed by atoms with E-state index in [0.717, 1.165) is 74.4 Å². The molecule has 0 radical (unpaired) electrons. The molecule has 1 N–H and O–H groups in total. The van der Waals surface area contributed by atoms with Gasteiger partial charge in [0.1, 0.15) is 0 Å².